The summed E-state index contributed by atoms with van der Waals surface area (Å²) in [6.45, 7) is 5.11. The second kappa shape index (κ2) is 9.88. The molecule has 1 amide bonds. The smallest absolute Gasteiger partial charge is 0.251 e. The molecule has 1 aliphatic heterocycles. The Morgan fingerprint density at radius 3 is 2.67 bits per heavy atom. The lowest BCUT2D eigenvalue weighted by Gasteiger charge is -2.22. The molecule has 30 heavy (non-hydrogen) atoms. The van der Waals surface area contributed by atoms with Crippen molar-refractivity contribution >= 4 is 17.2 Å². The van der Waals surface area contributed by atoms with Crippen LogP contribution < -0.4 is 10.1 Å². The van der Waals surface area contributed by atoms with Crippen LogP contribution in [0.15, 0.2) is 29.3 Å². The van der Waals surface area contributed by atoms with Crippen LogP contribution in [-0.4, -0.2) is 52.3 Å². The molecule has 162 valence electrons. The molecule has 1 atom stereocenters. The number of aromatic nitrogens is 2. The van der Waals surface area contributed by atoms with Gasteiger partial charge >= 0.3 is 0 Å². The third-order valence-electron chi connectivity index (χ3n) is 6.37. The summed E-state index contributed by atoms with van der Waals surface area (Å²) in [5.41, 5.74) is 1.73. The molecule has 0 radical (unpaired) electrons. The fraction of sp³-hybridized carbons (Fsp3) is 0.609. The van der Waals surface area contributed by atoms with Crippen molar-refractivity contribution in [1.82, 2.24) is 20.0 Å². The SMILES string of the molecule is CCN1CCCC1CNC(=O)c1ccc(-c2nn(C)/c(=N\C3CCCCC3)s2)cc1. The molecule has 1 unspecified atom stereocenters. The number of hydrogen-bond donors (Lipinski definition) is 1. The van der Waals surface area contributed by atoms with Gasteiger partial charge in [-0.1, -0.05) is 49.7 Å². The van der Waals surface area contributed by atoms with Gasteiger partial charge in [0.2, 0.25) is 4.80 Å². The van der Waals surface area contributed by atoms with Crippen LogP contribution in [0, 0.1) is 0 Å². The highest BCUT2D eigenvalue weighted by Gasteiger charge is 2.23. The largest absolute Gasteiger partial charge is 0.350 e. The molecule has 2 aromatic rings. The van der Waals surface area contributed by atoms with Crippen LogP contribution >= 0.6 is 11.3 Å². The molecule has 6 nitrogen and oxygen atoms in total. The molecule has 0 spiro atoms. The Labute approximate surface area is 183 Å². The van der Waals surface area contributed by atoms with E-state index in [-0.39, 0.29) is 5.91 Å². The third kappa shape index (κ3) is 5.01. The van der Waals surface area contributed by atoms with Gasteiger partial charge in [-0.25, -0.2) is 4.68 Å². The van der Waals surface area contributed by atoms with Crippen LogP contribution in [0.5, 0.6) is 0 Å². The Morgan fingerprint density at radius 2 is 1.93 bits per heavy atom. The topological polar surface area (TPSA) is 62.5 Å². The lowest BCUT2D eigenvalue weighted by Crippen LogP contribution is -2.40. The molecule has 2 fully saturated rings. The summed E-state index contributed by atoms with van der Waals surface area (Å²) in [6.07, 6.45) is 8.67. The van der Waals surface area contributed by atoms with Crippen LogP contribution in [0.2, 0.25) is 0 Å². The molecule has 2 heterocycles. The van der Waals surface area contributed by atoms with Crippen LogP contribution in [0.4, 0.5) is 0 Å². The minimum absolute atomic E-state index is 0.00202. The minimum atomic E-state index is 0.00202. The van der Waals surface area contributed by atoms with E-state index in [1.54, 1.807) is 11.3 Å². The number of aryl methyl sites for hydroxylation is 1. The molecule has 1 N–H and O–H groups in total. The second-order valence-electron chi connectivity index (χ2n) is 8.45. The zero-order chi connectivity index (χ0) is 20.9. The number of benzene rings is 1. The van der Waals surface area contributed by atoms with Crippen molar-refractivity contribution in [3.05, 3.63) is 34.6 Å². The number of amides is 1. The summed E-state index contributed by atoms with van der Waals surface area (Å²) in [7, 11) is 1.96. The van der Waals surface area contributed by atoms with Gasteiger partial charge in [0.05, 0.1) is 6.04 Å². The average molecular weight is 428 g/mol. The molecule has 4 rings (SSSR count). The van der Waals surface area contributed by atoms with Gasteiger partial charge in [-0.15, -0.1) is 0 Å². The van der Waals surface area contributed by atoms with E-state index >= 15 is 0 Å². The maximum atomic E-state index is 12.6. The van der Waals surface area contributed by atoms with E-state index in [2.05, 4.69) is 22.2 Å². The summed E-state index contributed by atoms with van der Waals surface area (Å²) in [5, 5.41) is 8.72. The highest BCUT2D eigenvalue weighted by molar-refractivity contribution is 7.12. The van der Waals surface area contributed by atoms with Crippen molar-refractivity contribution < 1.29 is 4.79 Å². The van der Waals surface area contributed by atoms with Gasteiger partial charge in [-0.05, 0) is 50.9 Å². The lowest BCUT2D eigenvalue weighted by molar-refractivity contribution is 0.0941. The lowest BCUT2D eigenvalue weighted by atomic mass is 9.96. The standard InChI is InChI=1S/C23H33N5OS/c1-3-28-15-7-10-20(28)16-24-21(29)17-11-13-18(14-12-17)22-26-27(2)23(30-22)25-19-8-5-4-6-9-19/h11-14,19-20H,3-10,15-16H2,1-2H3,(H,24,29)/b25-23+. The van der Waals surface area contributed by atoms with Crippen LogP contribution in [0.3, 0.4) is 0 Å². The van der Waals surface area contributed by atoms with Gasteiger partial charge in [-0.2, -0.15) is 5.10 Å². The maximum absolute atomic E-state index is 12.6. The quantitative estimate of drug-likeness (QED) is 0.766. The molecular formula is C23H33N5OS. The predicted octanol–water partition coefficient (Wildman–Crippen LogP) is 3.60. The number of likely N-dealkylation sites (N-methyl/N-ethyl adjacent to an activating group) is 1. The number of carbonyl (C=O) groups excluding carboxylic acids is 1. The summed E-state index contributed by atoms with van der Waals surface area (Å²) in [5.74, 6) is 0.00202. The molecule has 1 aliphatic carbocycles. The van der Waals surface area contributed by atoms with E-state index in [4.69, 9.17) is 4.99 Å². The number of hydrogen-bond acceptors (Lipinski definition) is 5. The van der Waals surface area contributed by atoms with Gasteiger partial charge in [0.1, 0.15) is 5.01 Å². The zero-order valence-electron chi connectivity index (χ0n) is 18.1. The first-order chi connectivity index (χ1) is 14.6. The second-order valence-corrected chi connectivity index (χ2v) is 9.40. The summed E-state index contributed by atoms with van der Waals surface area (Å²) in [6, 6.07) is 8.69. The first kappa shape index (κ1) is 21.2. The van der Waals surface area contributed by atoms with Gasteiger partial charge in [0, 0.05) is 30.8 Å². The van der Waals surface area contributed by atoms with Crippen molar-refractivity contribution in [3.8, 4) is 10.6 Å². The van der Waals surface area contributed by atoms with Crippen molar-refractivity contribution in [2.45, 2.75) is 64.0 Å². The van der Waals surface area contributed by atoms with E-state index in [1.807, 2.05) is 36.0 Å². The Hall–Kier alpha value is -1.99. The normalized spacial score (nSPS) is 21.3. The number of rotatable bonds is 6. The summed E-state index contributed by atoms with van der Waals surface area (Å²) < 4.78 is 1.89. The van der Waals surface area contributed by atoms with Gasteiger partial charge < -0.3 is 5.32 Å². The van der Waals surface area contributed by atoms with Crippen molar-refractivity contribution in [2.24, 2.45) is 12.0 Å². The third-order valence-corrected chi connectivity index (χ3v) is 7.43. The number of nitrogens with zero attached hydrogens (tertiary/aromatic N) is 4. The Kier molecular flexibility index (Phi) is 7.00. The number of likely N-dealkylation sites (tertiary alicyclic amines) is 1. The highest BCUT2D eigenvalue weighted by Crippen LogP contribution is 2.22. The molecule has 0 bridgehead atoms. The van der Waals surface area contributed by atoms with Crippen molar-refractivity contribution in [1.29, 1.82) is 0 Å². The Morgan fingerprint density at radius 1 is 1.17 bits per heavy atom. The van der Waals surface area contributed by atoms with Crippen molar-refractivity contribution in [2.75, 3.05) is 19.6 Å². The first-order valence-electron chi connectivity index (χ1n) is 11.3. The predicted molar refractivity (Wildman–Crippen MR) is 122 cm³/mol. The van der Waals surface area contributed by atoms with E-state index in [1.165, 1.54) is 44.9 Å². The summed E-state index contributed by atoms with van der Waals surface area (Å²) in [4.78, 5) is 20.9. The van der Waals surface area contributed by atoms with E-state index in [9.17, 15) is 4.79 Å². The highest BCUT2D eigenvalue weighted by atomic mass is 32.1. The fourth-order valence-corrected chi connectivity index (χ4v) is 5.53. The van der Waals surface area contributed by atoms with Crippen molar-refractivity contribution in [3.63, 3.8) is 0 Å². The van der Waals surface area contributed by atoms with E-state index < -0.39 is 0 Å². The molecule has 1 saturated heterocycles. The van der Waals surface area contributed by atoms with Crippen LogP contribution in [-0.2, 0) is 7.05 Å². The Bertz CT molecular complexity index is 910. The number of carbonyl (C=O) groups is 1. The minimum Gasteiger partial charge on any atom is -0.350 e. The summed E-state index contributed by atoms with van der Waals surface area (Å²) >= 11 is 1.63. The van der Waals surface area contributed by atoms with Crippen LogP contribution in [0.1, 0.15) is 62.2 Å². The van der Waals surface area contributed by atoms with Gasteiger partial charge in [0.25, 0.3) is 5.91 Å². The monoisotopic (exact) mass is 427 g/mol. The average Bonchev–Trinajstić information content (AvgIpc) is 3.39. The fourth-order valence-electron chi connectivity index (χ4n) is 4.56. The maximum Gasteiger partial charge on any atom is 0.251 e. The van der Waals surface area contributed by atoms with Gasteiger partial charge in [0.15, 0.2) is 0 Å². The van der Waals surface area contributed by atoms with Crippen LogP contribution in [0.25, 0.3) is 10.6 Å². The van der Waals surface area contributed by atoms with E-state index in [0.717, 1.165) is 35.0 Å². The molecular weight excluding hydrogens is 394 g/mol. The molecule has 7 heteroatoms. The van der Waals surface area contributed by atoms with Gasteiger partial charge in [-0.3, -0.25) is 14.7 Å². The first-order valence-corrected chi connectivity index (χ1v) is 12.2. The molecule has 1 aromatic heterocycles. The number of nitrogens with one attached hydrogen (secondary N) is 1. The van der Waals surface area contributed by atoms with E-state index in [0.29, 0.717) is 17.6 Å². The zero-order valence-corrected chi connectivity index (χ0v) is 19.0. The Balaban J connectivity index is 1.40. The molecule has 1 aromatic carbocycles. The molecule has 1 saturated carbocycles. The molecule has 2 aliphatic rings.